The van der Waals surface area contributed by atoms with Gasteiger partial charge in [-0.3, -0.25) is 9.59 Å². The topological polar surface area (TPSA) is 104 Å². The summed E-state index contributed by atoms with van der Waals surface area (Å²) in [6, 6.07) is 0. The zero-order chi connectivity index (χ0) is 25.3. The molecular formula is C27H37NO6. The number of rotatable bonds is 13. The highest BCUT2D eigenvalue weighted by Crippen LogP contribution is 2.25. The third kappa shape index (κ3) is 8.69. The number of carboxylic acid groups (broad SMARTS) is 1. The molecule has 186 valence electrons. The van der Waals surface area contributed by atoms with E-state index in [0.29, 0.717) is 24.5 Å². The molecule has 0 aromatic heterocycles. The second kappa shape index (κ2) is 13.0. The SMILES string of the molecule is CC1=C(O)C(C/C(C)=C\CCC(C)/C=C/C=C(\C)CCCC2=CC(=O)N(CC(=O)O)C2)OC1=O. The number of carboxylic acids is 1. The van der Waals surface area contributed by atoms with Crippen LogP contribution in [0, 0.1) is 5.92 Å². The van der Waals surface area contributed by atoms with Crippen LogP contribution < -0.4 is 0 Å². The van der Waals surface area contributed by atoms with Gasteiger partial charge in [0.25, 0.3) is 0 Å². The summed E-state index contributed by atoms with van der Waals surface area (Å²) in [6.07, 6.45) is 14.6. The van der Waals surface area contributed by atoms with Crippen molar-refractivity contribution in [2.75, 3.05) is 13.1 Å². The van der Waals surface area contributed by atoms with Crippen LogP contribution in [0.5, 0.6) is 0 Å². The largest absolute Gasteiger partial charge is 0.508 e. The number of carbonyl (C=O) groups excluding carboxylic acids is 2. The number of esters is 1. The molecule has 0 saturated carbocycles. The van der Waals surface area contributed by atoms with Gasteiger partial charge in [0.2, 0.25) is 5.91 Å². The van der Waals surface area contributed by atoms with Crippen molar-refractivity contribution in [3.8, 4) is 0 Å². The molecule has 7 nitrogen and oxygen atoms in total. The Balaban J connectivity index is 1.65. The Morgan fingerprint density at radius 1 is 1.29 bits per heavy atom. The summed E-state index contributed by atoms with van der Waals surface area (Å²) in [5.41, 5.74) is 3.66. The van der Waals surface area contributed by atoms with Crippen molar-refractivity contribution in [1.82, 2.24) is 4.90 Å². The van der Waals surface area contributed by atoms with Crippen LogP contribution in [0.2, 0.25) is 0 Å². The number of hydrogen-bond acceptors (Lipinski definition) is 5. The second-order valence-electron chi connectivity index (χ2n) is 9.36. The van der Waals surface area contributed by atoms with Gasteiger partial charge in [-0.2, -0.15) is 0 Å². The maximum absolute atomic E-state index is 11.8. The molecule has 0 aromatic rings. The minimum Gasteiger partial charge on any atom is -0.508 e. The van der Waals surface area contributed by atoms with Crippen LogP contribution in [0.4, 0.5) is 0 Å². The van der Waals surface area contributed by atoms with Gasteiger partial charge in [-0.25, -0.2) is 4.79 Å². The van der Waals surface area contributed by atoms with E-state index in [1.165, 1.54) is 10.5 Å². The minimum atomic E-state index is -0.988. The number of hydrogen-bond donors (Lipinski definition) is 2. The predicted octanol–water partition coefficient (Wildman–Crippen LogP) is 5.02. The molecule has 2 atom stereocenters. The highest BCUT2D eigenvalue weighted by Gasteiger charge is 2.31. The number of carbonyl (C=O) groups is 3. The summed E-state index contributed by atoms with van der Waals surface area (Å²) in [4.78, 5) is 35.4. The lowest BCUT2D eigenvalue weighted by atomic mass is 10.0. The number of allylic oxidation sites excluding steroid dienone is 5. The summed E-state index contributed by atoms with van der Waals surface area (Å²) in [6.45, 7) is 8.00. The van der Waals surface area contributed by atoms with E-state index < -0.39 is 18.0 Å². The molecule has 2 heterocycles. The van der Waals surface area contributed by atoms with Gasteiger partial charge >= 0.3 is 11.9 Å². The molecule has 2 aliphatic heterocycles. The van der Waals surface area contributed by atoms with Gasteiger partial charge in [0.15, 0.2) is 6.10 Å². The lowest BCUT2D eigenvalue weighted by molar-refractivity contribution is -0.142. The number of aliphatic carboxylic acids is 1. The highest BCUT2D eigenvalue weighted by atomic mass is 16.6. The van der Waals surface area contributed by atoms with Crippen LogP contribution in [-0.4, -0.2) is 52.2 Å². The Morgan fingerprint density at radius 3 is 2.68 bits per heavy atom. The van der Waals surface area contributed by atoms with Crippen molar-refractivity contribution in [2.45, 2.75) is 72.3 Å². The molecule has 34 heavy (non-hydrogen) atoms. The Bertz CT molecular complexity index is 937. The van der Waals surface area contributed by atoms with Crippen LogP contribution in [0.25, 0.3) is 0 Å². The second-order valence-corrected chi connectivity index (χ2v) is 9.36. The van der Waals surface area contributed by atoms with E-state index in [1.54, 1.807) is 13.0 Å². The van der Waals surface area contributed by atoms with Gasteiger partial charge < -0.3 is 19.8 Å². The molecule has 7 heteroatoms. The first-order chi connectivity index (χ1) is 16.1. The van der Waals surface area contributed by atoms with E-state index >= 15 is 0 Å². The van der Waals surface area contributed by atoms with Crippen LogP contribution >= 0.6 is 0 Å². The molecule has 0 saturated heterocycles. The number of amides is 1. The standard InChI is InChI=1S/C27H37NO6/c1-18(10-6-12-20(3)14-23-26(32)21(4)27(33)34-23)8-5-9-19(2)11-7-13-22-15-24(29)28(16-22)17-25(30)31/h5,8-9,12,15,18,23,32H,6-7,10-11,13-14,16-17H2,1-4H3,(H,30,31)/b8-5+,19-9+,20-12-. The molecule has 2 rings (SSSR count). The number of aliphatic hydroxyl groups is 1. The van der Waals surface area contributed by atoms with Crippen LogP contribution in [0.3, 0.4) is 0 Å². The van der Waals surface area contributed by atoms with Crippen molar-refractivity contribution in [3.63, 3.8) is 0 Å². The van der Waals surface area contributed by atoms with Crippen LogP contribution in [-0.2, 0) is 19.1 Å². The number of nitrogens with zero attached hydrogens (tertiary/aromatic N) is 1. The first kappa shape index (κ1) is 27.2. The zero-order valence-electron chi connectivity index (χ0n) is 20.7. The van der Waals surface area contributed by atoms with E-state index in [4.69, 9.17) is 9.84 Å². The van der Waals surface area contributed by atoms with E-state index in [-0.39, 0.29) is 18.2 Å². The van der Waals surface area contributed by atoms with Gasteiger partial charge in [-0.15, -0.1) is 0 Å². The fourth-order valence-electron chi connectivity index (χ4n) is 3.99. The Morgan fingerprint density at radius 2 is 2.03 bits per heavy atom. The molecule has 1 amide bonds. The van der Waals surface area contributed by atoms with E-state index in [2.05, 4.69) is 38.2 Å². The molecule has 2 aliphatic rings. The summed E-state index contributed by atoms with van der Waals surface area (Å²) in [5, 5.41) is 18.8. The van der Waals surface area contributed by atoms with Crippen molar-refractivity contribution < 1.29 is 29.3 Å². The number of aliphatic hydroxyl groups excluding tert-OH is 1. The fraction of sp³-hybridized carbons (Fsp3) is 0.519. The van der Waals surface area contributed by atoms with Gasteiger partial charge in [0.05, 0.1) is 5.57 Å². The summed E-state index contributed by atoms with van der Waals surface area (Å²) in [7, 11) is 0. The average molecular weight is 472 g/mol. The Labute approximate surface area is 202 Å². The van der Waals surface area contributed by atoms with E-state index in [9.17, 15) is 19.5 Å². The molecule has 2 unspecified atom stereocenters. The maximum atomic E-state index is 11.8. The summed E-state index contributed by atoms with van der Waals surface area (Å²) < 4.78 is 5.18. The predicted molar refractivity (Wildman–Crippen MR) is 131 cm³/mol. The van der Waals surface area contributed by atoms with Crippen molar-refractivity contribution in [2.24, 2.45) is 5.92 Å². The molecule has 0 radical (unpaired) electrons. The van der Waals surface area contributed by atoms with Gasteiger partial charge in [-0.05, 0) is 64.4 Å². The quantitative estimate of drug-likeness (QED) is 0.222. The van der Waals surface area contributed by atoms with Crippen molar-refractivity contribution >= 4 is 17.8 Å². The Kier molecular flexibility index (Phi) is 10.4. The van der Waals surface area contributed by atoms with Crippen LogP contribution in [0.15, 0.2) is 58.4 Å². The Hall–Kier alpha value is -3.09. The van der Waals surface area contributed by atoms with Crippen molar-refractivity contribution in [3.05, 3.63) is 58.4 Å². The normalized spacial score (nSPS) is 20.4. The van der Waals surface area contributed by atoms with E-state index in [1.807, 2.05) is 6.92 Å². The smallest absolute Gasteiger partial charge is 0.338 e. The van der Waals surface area contributed by atoms with Crippen LogP contribution in [0.1, 0.15) is 66.2 Å². The molecule has 0 spiro atoms. The number of ether oxygens (including phenoxy) is 1. The highest BCUT2D eigenvalue weighted by molar-refractivity contribution is 5.93. The summed E-state index contributed by atoms with van der Waals surface area (Å²) in [5.74, 6) is -1.17. The molecule has 0 aliphatic carbocycles. The first-order valence-corrected chi connectivity index (χ1v) is 11.9. The molecule has 0 bridgehead atoms. The van der Waals surface area contributed by atoms with Gasteiger partial charge in [0, 0.05) is 19.0 Å². The van der Waals surface area contributed by atoms with E-state index in [0.717, 1.165) is 43.3 Å². The molecule has 2 N–H and O–H groups in total. The lowest BCUT2D eigenvalue weighted by Crippen LogP contribution is -2.31. The molecule has 0 aromatic carbocycles. The number of cyclic esters (lactones) is 1. The monoisotopic (exact) mass is 471 g/mol. The third-order valence-corrected chi connectivity index (χ3v) is 6.12. The van der Waals surface area contributed by atoms with Gasteiger partial charge in [0.1, 0.15) is 12.3 Å². The minimum absolute atomic E-state index is 0.0461. The van der Waals surface area contributed by atoms with Crippen molar-refractivity contribution in [1.29, 1.82) is 0 Å². The van der Waals surface area contributed by atoms with Gasteiger partial charge in [-0.1, -0.05) is 42.4 Å². The maximum Gasteiger partial charge on any atom is 0.338 e. The lowest BCUT2D eigenvalue weighted by Gasteiger charge is -2.13. The molecular weight excluding hydrogens is 434 g/mol. The summed E-state index contributed by atoms with van der Waals surface area (Å²) >= 11 is 0. The fourth-order valence-corrected chi connectivity index (χ4v) is 3.99. The zero-order valence-corrected chi connectivity index (χ0v) is 20.7. The molecule has 0 fully saturated rings. The first-order valence-electron chi connectivity index (χ1n) is 11.9. The third-order valence-electron chi connectivity index (χ3n) is 6.12. The average Bonchev–Trinajstić information content (AvgIpc) is 3.21.